The molecule has 0 N–H and O–H groups in total. The van der Waals surface area contributed by atoms with E-state index >= 15 is 0 Å². The summed E-state index contributed by atoms with van der Waals surface area (Å²) in [5.41, 5.74) is 5.69. The van der Waals surface area contributed by atoms with Gasteiger partial charge in [0.1, 0.15) is 6.29 Å². The molecule has 0 spiro atoms. The molecule has 0 aliphatic heterocycles. The van der Waals surface area contributed by atoms with Crippen LogP contribution in [0.25, 0.3) is 6.08 Å². The SMILES string of the molecule is CC(/C=C/C=C/C=C/c1ccc2c(c1)C(C)(C)CCC2(C)C)=C\C=O. The Morgan fingerprint density at radius 3 is 2.24 bits per heavy atom. The largest absolute Gasteiger partial charge is 0.299 e. The molecule has 0 fully saturated rings. The molecule has 1 aromatic carbocycles. The predicted octanol–water partition coefficient (Wildman–Crippen LogP) is 6.31. The van der Waals surface area contributed by atoms with Crippen LogP contribution in [-0.2, 0) is 15.6 Å². The van der Waals surface area contributed by atoms with Gasteiger partial charge in [0.25, 0.3) is 0 Å². The Bertz CT molecular complexity index is 739. The standard InChI is InChI=1S/C24H30O/c1-19(14-17-25)10-8-6-7-9-11-20-12-13-21-22(18-20)24(4,5)16-15-23(21,2)3/h6-14,17-18H,15-16H2,1-5H3/b7-6+,10-8+,11-9+,19-14+. The van der Waals surface area contributed by atoms with Gasteiger partial charge >= 0.3 is 0 Å². The zero-order valence-electron chi connectivity index (χ0n) is 16.2. The molecule has 0 saturated heterocycles. The highest BCUT2D eigenvalue weighted by Gasteiger charge is 2.36. The lowest BCUT2D eigenvalue weighted by Gasteiger charge is -2.42. The molecule has 2 rings (SSSR count). The van der Waals surface area contributed by atoms with E-state index in [9.17, 15) is 4.79 Å². The Morgan fingerprint density at radius 2 is 1.56 bits per heavy atom. The topological polar surface area (TPSA) is 17.1 Å². The van der Waals surface area contributed by atoms with E-state index in [1.165, 1.54) is 29.5 Å². The maximum absolute atomic E-state index is 10.4. The van der Waals surface area contributed by atoms with Gasteiger partial charge in [-0.1, -0.05) is 82.4 Å². The summed E-state index contributed by atoms with van der Waals surface area (Å²) < 4.78 is 0. The third kappa shape index (κ3) is 4.92. The molecule has 0 unspecified atom stereocenters. The summed E-state index contributed by atoms with van der Waals surface area (Å²) in [7, 11) is 0. The van der Waals surface area contributed by atoms with E-state index in [0.29, 0.717) is 0 Å². The molecule has 1 heteroatoms. The van der Waals surface area contributed by atoms with Crippen molar-refractivity contribution in [1.29, 1.82) is 0 Å². The van der Waals surface area contributed by atoms with Gasteiger partial charge in [-0.15, -0.1) is 0 Å². The molecular formula is C24H30O. The first-order valence-corrected chi connectivity index (χ1v) is 9.05. The lowest BCUT2D eigenvalue weighted by atomic mass is 9.63. The number of aldehydes is 1. The molecule has 25 heavy (non-hydrogen) atoms. The van der Waals surface area contributed by atoms with Crippen LogP contribution in [-0.4, -0.2) is 6.29 Å². The van der Waals surface area contributed by atoms with Crippen LogP contribution in [0.2, 0.25) is 0 Å². The second-order valence-corrected chi connectivity index (χ2v) is 8.22. The molecule has 132 valence electrons. The van der Waals surface area contributed by atoms with Crippen molar-refractivity contribution in [3.63, 3.8) is 0 Å². The number of allylic oxidation sites excluding steroid dienone is 7. The predicted molar refractivity (Wildman–Crippen MR) is 109 cm³/mol. The van der Waals surface area contributed by atoms with Gasteiger partial charge in [0.2, 0.25) is 0 Å². The van der Waals surface area contributed by atoms with Gasteiger partial charge in [-0.25, -0.2) is 0 Å². The highest BCUT2D eigenvalue weighted by molar-refractivity contribution is 5.67. The average molecular weight is 335 g/mol. The maximum atomic E-state index is 10.4. The van der Waals surface area contributed by atoms with Crippen molar-refractivity contribution < 1.29 is 4.79 Å². The maximum Gasteiger partial charge on any atom is 0.143 e. The fourth-order valence-corrected chi connectivity index (χ4v) is 3.38. The highest BCUT2D eigenvalue weighted by Crippen LogP contribution is 2.45. The van der Waals surface area contributed by atoms with E-state index in [1.807, 2.05) is 31.2 Å². The Labute approximate surface area is 152 Å². The summed E-state index contributed by atoms with van der Waals surface area (Å²) in [6.45, 7) is 11.3. The third-order valence-corrected chi connectivity index (χ3v) is 5.19. The molecule has 0 heterocycles. The number of hydrogen-bond acceptors (Lipinski definition) is 1. The van der Waals surface area contributed by atoms with Crippen molar-refractivity contribution in [2.45, 2.75) is 58.3 Å². The van der Waals surface area contributed by atoms with Crippen molar-refractivity contribution in [3.8, 4) is 0 Å². The third-order valence-electron chi connectivity index (χ3n) is 5.19. The monoisotopic (exact) mass is 334 g/mol. The number of carbonyl (C=O) groups is 1. The minimum Gasteiger partial charge on any atom is -0.299 e. The van der Waals surface area contributed by atoms with Gasteiger partial charge in [0.05, 0.1) is 0 Å². The Hall–Kier alpha value is -2.15. The molecule has 0 atom stereocenters. The van der Waals surface area contributed by atoms with E-state index < -0.39 is 0 Å². The lowest BCUT2D eigenvalue weighted by molar-refractivity contribution is -0.104. The van der Waals surface area contributed by atoms with Crippen LogP contribution in [0.15, 0.2) is 60.2 Å². The van der Waals surface area contributed by atoms with Gasteiger partial charge in [-0.05, 0) is 58.9 Å². The van der Waals surface area contributed by atoms with Gasteiger partial charge in [-0.3, -0.25) is 4.79 Å². The Balaban J connectivity index is 2.14. The van der Waals surface area contributed by atoms with Crippen LogP contribution in [0.3, 0.4) is 0 Å². The van der Waals surface area contributed by atoms with Crippen LogP contribution in [0.5, 0.6) is 0 Å². The van der Waals surface area contributed by atoms with Crippen LogP contribution in [0, 0.1) is 0 Å². The smallest absolute Gasteiger partial charge is 0.143 e. The van der Waals surface area contributed by atoms with Crippen molar-refractivity contribution in [2.75, 3.05) is 0 Å². The van der Waals surface area contributed by atoms with Crippen molar-refractivity contribution in [1.82, 2.24) is 0 Å². The molecule has 1 aromatic rings. The highest BCUT2D eigenvalue weighted by atomic mass is 16.1. The van der Waals surface area contributed by atoms with Gasteiger partial charge in [0, 0.05) is 0 Å². The summed E-state index contributed by atoms with van der Waals surface area (Å²) in [6.07, 6.45) is 16.9. The normalized spacial score (nSPS) is 19.6. The average Bonchev–Trinajstić information content (AvgIpc) is 2.55. The molecule has 0 aromatic heterocycles. The first kappa shape index (κ1) is 19.2. The van der Waals surface area contributed by atoms with Crippen LogP contribution >= 0.6 is 0 Å². The lowest BCUT2D eigenvalue weighted by Crippen LogP contribution is -2.33. The molecule has 0 radical (unpaired) electrons. The number of hydrogen-bond donors (Lipinski definition) is 0. The first-order valence-electron chi connectivity index (χ1n) is 9.05. The fourth-order valence-electron chi connectivity index (χ4n) is 3.38. The molecule has 1 aliphatic rings. The van der Waals surface area contributed by atoms with Gasteiger partial charge in [0.15, 0.2) is 0 Å². The zero-order chi connectivity index (χ0) is 18.5. The quantitative estimate of drug-likeness (QED) is 0.350. The van der Waals surface area contributed by atoms with Crippen LogP contribution in [0.4, 0.5) is 0 Å². The molecule has 0 bridgehead atoms. The van der Waals surface area contributed by atoms with Gasteiger partial charge in [-0.2, -0.15) is 0 Å². The summed E-state index contributed by atoms with van der Waals surface area (Å²) >= 11 is 0. The number of benzene rings is 1. The Kier molecular flexibility index (Phi) is 6.00. The minimum absolute atomic E-state index is 0.246. The molecule has 1 aliphatic carbocycles. The van der Waals surface area contributed by atoms with E-state index in [0.717, 1.165) is 11.9 Å². The molecule has 0 saturated carbocycles. The van der Waals surface area contributed by atoms with E-state index in [-0.39, 0.29) is 10.8 Å². The second kappa shape index (κ2) is 7.82. The number of fused-ring (bicyclic) bond motifs is 1. The molecular weight excluding hydrogens is 304 g/mol. The number of rotatable bonds is 5. The van der Waals surface area contributed by atoms with E-state index in [4.69, 9.17) is 0 Å². The summed E-state index contributed by atoms with van der Waals surface area (Å²) in [6, 6.07) is 6.89. The summed E-state index contributed by atoms with van der Waals surface area (Å²) in [4.78, 5) is 10.4. The summed E-state index contributed by atoms with van der Waals surface area (Å²) in [5.74, 6) is 0. The zero-order valence-corrected chi connectivity index (χ0v) is 16.2. The van der Waals surface area contributed by atoms with Gasteiger partial charge < -0.3 is 0 Å². The van der Waals surface area contributed by atoms with Crippen LogP contribution < -0.4 is 0 Å². The Morgan fingerprint density at radius 1 is 0.920 bits per heavy atom. The summed E-state index contributed by atoms with van der Waals surface area (Å²) in [5, 5.41) is 0. The van der Waals surface area contributed by atoms with Crippen molar-refractivity contribution >= 4 is 12.4 Å². The van der Waals surface area contributed by atoms with Crippen LogP contribution in [0.1, 0.15) is 64.2 Å². The minimum atomic E-state index is 0.246. The number of carbonyl (C=O) groups excluding carboxylic acids is 1. The van der Waals surface area contributed by atoms with E-state index in [1.54, 1.807) is 6.08 Å². The van der Waals surface area contributed by atoms with E-state index in [2.05, 4.69) is 58.0 Å². The first-order chi connectivity index (χ1) is 11.8. The molecule has 1 nitrogen and oxygen atoms in total. The molecule has 0 amide bonds. The van der Waals surface area contributed by atoms with Crippen molar-refractivity contribution in [2.24, 2.45) is 0 Å². The van der Waals surface area contributed by atoms with Crippen molar-refractivity contribution in [3.05, 3.63) is 76.9 Å². The second-order valence-electron chi connectivity index (χ2n) is 8.22. The fraction of sp³-hybridized carbons (Fsp3) is 0.375.